The first-order valence-electron chi connectivity index (χ1n) is 5.13. The van der Waals surface area contributed by atoms with Crippen molar-refractivity contribution < 1.29 is 9.59 Å². The summed E-state index contributed by atoms with van der Waals surface area (Å²) in [6.07, 6.45) is 0.295. The van der Waals surface area contributed by atoms with Crippen LogP contribution in [0.1, 0.15) is 6.42 Å². The second kappa shape index (κ2) is 8.73. The van der Waals surface area contributed by atoms with Gasteiger partial charge in [0.05, 0.1) is 24.0 Å². The predicted octanol–water partition coefficient (Wildman–Crippen LogP) is 0.237. The van der Waals surface area contributed by atoms with E-state index in [0.717, 1.165) is 0 Å². The molecule has 0 bridgehead atoms. The summed E-state index contributed by atoms with van der Waals surface area (Å²) in [5.41, 5.74) is 5.02. The van der Waals surface area contributed by atoms with Crippen molar-refractivity contribution in [3.8, 4) is 6.07 Å². The Bertz CT molecular complexity index is 484. The highest BCUT2D eigenvalue weighted by molar-refractivity contribution is 8.03. The van der Waals surface area contributed by atoms with Crippen LogP contribution in [0.25, 0.3) is 0 Å². The fraction of sp³-hybridized carbons (Fsp3) is 0.444. The molecule has 0 saturated heterocycles. The zero-order valence-electron chi connectivity index (χ0n) is 9.79. The van der Waals surface area contributed by atoms with Crippen molar-refractivity contribution in [1.29, 1.82) is 5.26 Å². The van der Waals surface area contributed by atoms with E-state index in [1.54, 1.807) is 0 Å². The van der Waals surface area contributed by atoms with Gasteiger partial charge in [0.2, 0.25) is 11.8 Å². The Labute approximate surface area is 122 Å². The number of nitrogens with two attached hydrogens (primary N) is 1. The van der Waals surface area contributed by atoms with E-state index in [9.17, 15) is 9.59 Å². The quantitative estimate of drug-likeness (QED) is 0.520. The molecule has 10 heteroatoms. The first-order valence-corrected chi connectivity index (χ1v) is 7.91. The van der Waals surface area contributed by atoms with Gasteiger partial charge in [0.15, 0.2) is 8.68 Å². The first kappa shape index (κ1) is 15.7. The molecule has 0 unspecified atom stereocenters. The molecule has 2 amide bonds. The smallest absolute Gasteiger partial charge is 0.230 e. The van der Waals surface area contributed by atoms with Crippen LogP contribution in [0.5, 0.6) is 0 Å². The van der Waals surface area contributed by atoms with Gasteiger partial charge in [-0.1, -0.05) is 34.9 Å². The number of rotatable bonds is 8. The first-order chi connectivity index (χ1) is 9.11. The molecule has 1 aromatic rings. The summed E-state index contributed by atoms with van der Waals surface area (Å²) in [4.78, 5) is 22.0. The Morgan fingerprint density at radius 3 is 2.53 bits per heavy atom. The Morgan fingerprint density at radius 2 is 1.95 bits per heavy atom. The fourth-order valence-corrected chi connectivity index (χ4v) is 3.47. The Hall–Kier alpha value is -1.31. The van der Waals surface area contributed by atoms with Crippen molar-refractivity contribution in [3.05, 3.63) is 0 Å². The third kappa shape index (κ3) is 7.00. The van der Waals surface area contributed by atoms with Gasteiger partial charge in [-0.25, -0.2) is 0 Å². The molecule has 102 valence electrons. The predicted molar refractivity (Wildman–Crippen MR) is 73.8 cm³/mol. The van der Waals surface area contributed by atoms with E-state index >= 15 is 0 Å². The van der Waals surface area contributed by atoms with Gasteiger partial charge >= 0.3 is 0 Å². The van der Waals surface area contributed by atoms with E-state index in [4.69, 9.17) is 11.0 Å². The molecule has 3 N–H and O–H groups in total. The summed E-state index contributed by atoms with van der Waals surface area (Å²) in [7, 11) is 0. The van der Waals surface area contributed by atoms with E-state index in [0.29, 0.717) is 21.6 Å². The molecular weight excluding hydrogens is 306 g/mol. The van der Waals surface area contributed by atoms with Crippen LogP contribution in [0, 0.1) is 11.3 Å². The number of nitriles is 1. The summed E-state index contributed by atoms with van der Waals surface area (Å²) >= 11 is 3.79. The molecule has 1 aromatic heterocycles. The molecule has 0 aromatic carbocycles. The molecule has 7 nitrogen and oxygen atoms in total. The Morgan fingerprint density at radius 1 is 1.32 bits per heavy atom. The van der Waals surface area contributed by atoms with Gasteiger partial charge in [-0.05, 0) is 0 Å². The maximum atomic E-state index is 11.4. The summed E-state index contributed by atoms with van der Waals surface area (Å²) in [5, 5.41) is 18.7. The lowest BCUT2D eigenvalue weighted by Crippen LogP contribution is -2.25. The SMILES string of the molecule is N#CCCNC(=O)CSc1nnc(SCC(N)=O)s1. The zero-order chi connectivity index (χ0) is 14.1. The lowest BCUT2D eigenvalue weighted by Gasteiger charge is -1.99. The molecule has 0 spiro atoms. The van der Waals surface area contributed by atoms with Gasteiger partial charge in [0, 0.05) is 6.54 Å². The van der Waals surface area contributed by atoms with Gasteiger partial charge in [0.25, 0.3) is 0 Å². The Kier molecular flexibility index (Phi) is 7.24. The number of amides is 2. The van der Waals surface area contributed by atoms with E-state index in [1.807, 2.05) is 6.07 Å². The largest absolute Gasteiger partial charge is 0.369 e. The number of carbonyl (C=O) groups is 2. The topological polar surface area (TPSA) is 122 Å². The lowest BCUT2D eigenvalue weighted by atomic mass is 10.4. The number of hydrogen-bond donors (Lipinski definition) is 2. The van der Waals surface area contributed by atoms with Crippen molar-refractivity contribution in [2.24, 2.45) is 5.73 Å². The summed E-state index contributed by atoms with van der Waals surface area (Å²) in [6.45, 7) is 0.353. The molecule has 0 saturated carbocycles. The van der Waals surface area contributed by atoms with Crippen LogP contribution in [0.3, 0.4) is 0 Å². The van der Waals surface area contributed by atoms with Crippen molar-refractivity contribution in [2.45, 2.75) is 15.1 Å². The minimum Gasteiger partial charge on any atom is -0.369 e. The molecule has 0 aliphatic rings. The minimum absolute atomic E-state index is 0.151. The minimum atomic E-state index is -0.411. The highest BCUT2D eigenvalue weighted by Crippen LogP contribution is 2.28. The van der Waals surface area contributed by atoms with E-state index < -0.39 is 5.91 Å². The molecule has 0 aliphatic heterocycles. The highest BCUT2D eigenvalue weighted by atomic mass is 32.2. The maximum absolute atomic E-state index is 11.4. The summed E-state index contributed by atoms with van der Waals surface area (Å²) in [6, 6.07) is 1.94. The Balaban J connectivity index is 2.28. The van der Waals surface area contributed by atoms with Crippen molar-refractivity contribution in [1.82, 2.24) is 15.5 Å². The van der Waals surface area contributed by atoms with Crippen LogP contribution in [-0.2, 0) is 9.59 Å². The van der Waals surface area contributed by atoms with Crippen molar-refractivity contribution >= 4 is 46.7 Å². The molecule has 0 radical (unpaired) electrons. The number of aromatic nitrogens is 2. The number of nitrogens with one attached hydrogen (secondary N) is 1. The maximum Gasteiger partial charge on any atom is 0.230 e. The van der Waals surface area contributed by atoms with Crippen LogP contribution >= 0.6 is 34.9 Å². The fourth-order valence-electron chi connectivity index (χ4n) is 0.883. The van der Waals surface area contributed by atoms with Crippen molar-refractivity contribution in [2.75, 3.05) is 18.1 Å². The van der Waals surface area contributed by atoms with Gasteiger partial charge in [-0.3, -0.25) is 9.59 Å². The normalized spacial score (nSPS) is 9.84. The summed E-state index contributed by atoms with van der Waals surface area (Å²) < 4.78 is 1.30. The molecular formula is C9H11N5O2S3. The molecule has 1 rings (SSSR count). The standard InChI is InChI=1S/C9H11N5O2S3/c10-2-1-3-12-7(16)5-18-9-14-13-8(19-9)17-4-6(11)15/h1,3-5H2,(H2,11,15)(H,12,16). The van der Waals surface area contributed by atoms with Gasteiger partial charge in [-0.2, -0.15) is 5.26 Å². The second-order valence-electron chi connectivity index (χ2n) is 3.14. The zero-order valence-corrected chi connectivity index (χ0v) is 12.2. The monoisotopic (exact) mass is 317 g/mol. The molecule has 0 fully saturated rings. The third-order valence-electron chi connectivity index (χ3n) is 1.61. The molecule has 19 heavy (non-hydrogen) atoms. The number of hydrogen-bond acceptors (Lipinski definition) is 8. The third-order valence-corrected chi connectivity index (χ3v) is 4.82. The molecule has 0 aliphatic carbocycles. The van der Waals surface area contributed by atoms with Gasteiger partial charge in [0.1, 0.15) is 0 Å². The highest BCUT2D eigenvalue weighted by Gasteiger charge is 2.09. The average Bonchev–Trinajstić information content (AvgIpc) is 2.82. The molecule has 0 atom stereocenters. The number of thioether (sulfide) groups is 2. The van der Waals surface area contributed by atoms with Crippen molar-refractivity contribution in [3.63, 3.8) is 0 Å². The van der Waals surface area contributed by atoms with Gasteiger partial charge in [-0.15, -0.1) is 10.2 Å². The van der Waals surface area contributed by atoms with Crippen LogP contribution < -0.4 is 11.1 Å². The van der Waals surface area contributed by atoms with Gasteiger partial charge < -0.3 is 11.1 Å². The van der Waals surface area contributed by atoms with Crippen LogP contribution in [0.4, 0.5) is 0 Å². The summed E-state index contributed by atoms with van der Waals surface area (Å²) in [5.74, 6) is -0.179. The van der Waals surface area contributed by atoms with E-state index in [-0.39, 0.29) is 17.4 Å². The molecule has 1 heterocycles. The van der Waals surface area contributed by atoms with Crippen LogP contribution in [-0.4, -0.2) is 40.1 Å². The number of nitrogens with zero attached hydrogens (tertiary/aromatic N) is 3. The second-order valence-corrected chi connectivity index (χ2v) is 6.56. The number of primary amides is 1. The van der Waals surface area contributed by atoms with E-state index in [1.165, 1.54) is 34.9 Å². The lowest BCUT2D eigenvalue weighted by molar-refractivity contribution is -0.118. The van der Waals surface area contributed by atoms with E-state index in [2.05, 4.69) is 15.5 Å². The van der Waals surface area contributed by atoms with Crippen LogP contribution in [0.15, 0.2) is 8.68 Å². The van der Waals surface area contributed by atoms with Crippen LogP contribution in [0.2, 0.25) is 0 Å². The number of carbonyl (C=O) groups excluding carboxylic acids is 2. The average molecular weight is 317 g/mol.